The van der Waals surface area contributed by atoms with Crippen LogP contribution in [0.25, 0.3) is 0 Å². The van der Waals surface area contributed by atoms with E-state index < -0.39 is 17.8 Å². The van der Waals surface area contributed by atoms with Crippen molar-refractivity contribution in [1.82, 2.24) is 4.90 Å². The standard InChI is InChI=1S/C18H21F2NO2/c19-18(20)9-6-15(16(12-18)13-4-2-1-3-5-13)17(23)21-10-7-14(22)8-11-21/h1-5,15-16H,6-12H2/t15-,16+/m0/s1. The SMILES string of the molecule is O=C1CCN(C(=O)[C@H]2CCC(F)(F)C[C@@H]2c2ccccc2)CC1. The van der Waals surface area contributed by atoms with Crippen LogP contribution < -0.4 is 0 Å². The van der Waals surface area contributed by atoms with Crippen LogP contribution in [0.2, 0.25) is 0 Å². The molecule has 1 amide bonds. The van der Waals surface area contributed by atoms with E-state index in [1.165, 1.54) is 0 Å². The quantitative estimate of drug-likeness (QED) is 0.837. The third-order valence-corrected chi connectivity index (χ3v) is 5.00. The summed E-state index contributed by atoms with van der Waals surface area (Å²) in [4.78, 5) is 25.9. The molecule has 1 aliphatic carbocycles. The number of nitrogens with zero attached hydrogens (tertiary/aromatic N) is 1. The summed E-state index contributed by atoms with van der Waals surface area (Å²) in [5.41, 5.74) is 0.804. The number of piperidine rings is 1. The van der Waals surface area contributed by atoms with Gasteiger partial charge in [0.25, 0.3) is 0 Å². The lowest BCUT2D eigenvalue weighted by Gasteiger charge is -2.39. The number of amides is 1. The van der Waals surface area contributed by atoms with Crippen molar-refractivity contribution in [3.05, 3.63) is 35.9 Å². The van der Waals surface area contributed by atoms with E-state index in [2.05, 4.69) is 0 Å². The highest BCUT2D eigenvalue weighted by Gasteiger charge is 2.45. The molecule has 1 heterocycles. The fourth-order valence-corrected chi connectivity index (χ4v) is 3.69. The van der Waals surface area contributed by atoms with Gasteiger partial charge in [0.05, 0.1) is 0 Å². The van der Waals surface area contributed by atoms with Crippen molar-refractivity contribution < 1.29 is 18.4 Å². The number of rotatable bonds is 2. The van der Waals surface area contributed by atoms with Crippen LogP contribution in [0.3, 0.4) is 0 Å². The maximum absolute atomic E-state index is 13.9. The summed E-state index contributed by atoms with van der Waals surface area (Å²) in [6.07, 6.45) is 0.449. The Bertz CT molecular complexity index is 578. The van der Waals surface area contributed by atoms with E-state index in [0.29, 0.717) is 25.9 Å². The molecular formula is C18H21F2NO2. The Morgan fingerprint density at radius 2 is 1.78 bits per heavy atom. The predicted octanol–water partition coefficient (Wildman–Crippen LogP) is 3.40. The molecule has 5 heteroatoms. The smallest absolute Gasteiger partial charge is 0.248 e. The van der Waals surface area contributed by atoms with Crippen molar-refractivity contribution in [2.75, 3.05) is 13.1 Å². The Kier molecular flexibility index (Phi) is 4.46. The van der Waals surface area contributed by atoms with Crippen LogP contribution in [-0.2, 0) is 9.59 Å². The number of halogens is 2. The number of hydrogen-bond donors (Lipinski definition) is 0. The highest BCUT2D eigenvalue weighted by molar-refractivity contribution is 5.85. The fraction of sp³-hybridized carbons (Fsp3) is 0.556. The molecule has 1 aromatic rings. The van der Waals surface area contributed by atoms with E-state index in [4.69, 9.17) is 0 Å². The van der Waals surface area contributed by atoms with Gasteiger partial charge in [0.15, 0.2) is 0 Å². The molecule has 1 saturated carbocycles. The molecule has 3 rings (SSSR count). The minimum absolute atomic E-state index is 0.0677. The number of Topliss-reactive ketones (excluding diaryl/α,β-unsaturated/α-hetero) is 1. The van der Waals surface area contributed by atoms with Crippen LogP contribution in [-0.4, -0.2) is 35.6 Å². The van der Waals surface area contributed by atoms with E-state index in [1.54, 1.807) is 4.90 Å². The van der Waals surface area contributed by atoms with Crippen LogP contribution >= 0.6 is 0 Å². The molecule has 0 radical (unpaired) electrons. The van der Waals surface area contributed by atoms with Crippen LogP contribution in [0.5, 0.6) is 0 Å². The fourth-order valence-electron chi connectivity index (χ4n) is 3.69. The molecule has 1 saturated heterocycles. The second-order valence-electron chi connectivity index (χ2n) is 6.59. The summed E-state index contributed by atoms with van der Waals surface area (Å²) in [5, 5.41) is 0. The summed E-state index contributed by atoms with van der Waals surface area (Å²) in [6.45, 7) is 0.845. The van der Waals surface area contributed by atoms with Gasteiger partial charge in [0.1, 0.15) is 5.78 Å². The average molecular weight is 321 g/mol. The molecule has 2 fully saturated rings. The molecule has 0 aromatic heterocycles. The third kappa shape index (κ3) is 3.59. The van der Waals surface area contributed by atoms with Crippen molar-refractivity contribution in [2.45, 2.75) is 43.9 Å². The third-order valence-electron chi connectivity index (χ3n) is 5.00. The van der Waals surface area contributed by atoms with E-state index in [1.807, 2.05) is 30.3 Å². The second kappa shape index (κ2) is 6.38. The van der Waals surface area contributed by atoms with Gasteiger partial charge in [-0.3, -0.25) is 9.59 Å². The lowest BCUT2D eigenvalue weighted by Crippen LogP contribution is -2.46. The van der Waals surface area contributed by atoms with Crippen molar-refractivity contribution in [2.24, 2.45) is 5.92 Å². The van der Waals surface area contributed by atoms with Gasteiger partial charge in [-0.15, -0.1) is 0 Å². The molecular weight excluding hydrogens is 300 g/mol. The van der Waals surface area contributed by atoms with Gasteiger partial charge in [-0.2, -0.15) is 0 Å². The first-order chi connectivity index (χ1) is 11.0. The van der Waals surface area contributed by atoms with Gasteiger partial charge in [-0.25, -0.2) is 8.78 Å². The minimum atomic E-state index is -2.71. The highest BCUT2D eigenvalue weighted by atomic mass is 19.3. The molecule has 0 bridgehead atoms. The molecule has 0 N–H and O–H groups in total. The summed E-state index contributed by atoms with van der Waals surface area (Å²) in [6, 6.07) is 9.14. The first kappa shape index (κ1) is 16.1. The number of ketones is 1. The van der Waals surface area contributed by atoms with Gasteiger partial charge in [-0.05, 0) is 12.0 Å². The number of carbonyl (C=O) groups excluding carboxylic acids is 2. The van der Waals surface area contributed by atoms with Crippen LogP contribution in [0.15, 0.2) is 30.3 Å². The van der Waals surface area contributed by atoms with Crippen LogP contribution in [0.1, 0.15) is 43.6 Å². The predicted molar refractivity (Wildman–Crippen MR) is 82.3 cm³/mol. The summed E-state index contributed by atoms with van der Waals surface area (Å²) in [7, 11) is 0. The molecule has 0 unspecified atom stereocenters. The first-order valence-electron chi connectivity index (χ1n) is 8.19. The van der Waals surface area contributed by atoms with Crippen molar-refractivity contribution >= 4 is 11.7 Å². The van der Waals surface area contributed by atoms with E-state index in [0.717, 1.165) is 5.56 Å². The summed E-state index contributed by atoms with van der Waals surface area (Å²) >= 11 is 0. The average Bonchev–Trinajstić information content (AvgIpc) is 2.55. The maximum atomic E-state index is 13.9. The Hall–Kier alpha value is -1.78. The summed E-state index contributed by atoms with van der Waals surface area (Å²) in [5.74, 6) is -3.48. The molecule has 23 heavy (non-hydrogen) atoms. The molecule has 1 aromatic carbocycles. The number of likely N-dealkylation sites (tertiary alicyclic amines) is 1. The highest BCUT2D eigenvalue weighted by Crippen LogP contribution is 2.46. The van der Waals surface area contributed by atoms with Crippen LogP contribution in [0.4, 0.5) is 8.78 Å². The lowest BCUT2D eigenvalue weighted by molar-refractivity contribution is -0.143. The Morgan fingerprint density at radius 3 is 2.43 bits per heavy atom. The van der Waals surface area contributed by atoms with E-state index in [-0.39, 0.29) is 31.0 Å². The zero-order chi connectivity index (χ0) is 16.4. The van der Waals surface area contributed by atoms with E-state index in [9.17, 15) is 18.4 Å². The van der Waals surface area contributed by atoms with Crippen molar-refractivity contribution in [3.8, 4) is 0 Å². The topological polar surface area (TPSA) is 37.4 Å². The van der Waals surface area contributed by atoms with Gasteiger partial charge in [0, 0.05) is 50.6 Å². The molecule has 0 spiro atoms. The number of benzene rings is 1. The number of hydrogen-bond acceptors (Lipinski definition) is 2. The van der Waals surface area contributed by atoms with Gasteiger partial charge >= 0.3 is 0 Å². The normalized spacial score (nSPS) is 27.7. The van der Waals surface area contributed by atoms with Gasteiger partial charge in [0.2, 0.25) is 11.8 Å². The molecule has 124 valence electrons. The lowest BCUT2D eigenvalue weighted by atomic mass is 9.73. The van der Waals surface area contributed by atoms with Gasteiger partial charge < -0.3 is 4.90 Å². The van der Waals surface area contributed by atoms with E-state index >= 15 is 0 Å². The molecule has 2 aliphatic rings. The zero-order valence-electron chi connectivity index (χ0n) is 13.0. The Balaban J connectivity index is 1.81. The molecule has 1 aliphatic heterocycles. The Labute approximate surface area is 134 Å². The number of carbonyl (C=O) groups is 2. The largest absolute Gasteiger partial charge is 0.342 e. The Morgan fingerprint density at radius 1 is 1.13 bits per heavy atom. The maximum Gasteiger partial charge on any atom is 0.248 e. The summed E-state index contributed by atoms with van der Waals surface area (Å²) < 4.78 is 27.8. The minimum Gasteiger partial charge on any atom is -0.342 e. The molecule has 2 atom stereocenters. The van der Waals surface area contributed by atoms with Gasteiger partial charge in [-0.1, -0.05) is 30.3 Å². The number of alkyl halides is 2. The monoisotopic (exact) mass is 321 g/mol. The second-order valence-corrected chi connectivity index (χ2v) is 6.59. The van der Waals surface area contributed by atoms with Crippen LogP contribution in [0, 0.1) is 5.92 Å². The molecule has 3 nitrogen and oxygen atoms in total. The van der Waals surface area contributed by atoms with Crippen molar-refractivity contribution in [1.29, 1.82) is 0 Å². The van der Waals surface area contributed by atoms with Crippen molar-refractivity contribution in [3.63, 3.8) is 0 Å². The zero-order valence-corrected chi connectivity index (χ0v) is 13.0. The first-order valence-corrected chi connectivity index (χ1v) is 8.19.